The zero-order valence-corrected chi connectivity index (χ0v) is 11.5. The highest BCUT2D eigenvalue weighted by molar-refractivity contribution is 5.03. The molecule has 0 aromatic heterocycles. The Bertz CT molecular complexity index is 239. The zero-order valence-electron chi connectivity index (χ0n) is 11.5. The summed E-state index contributed by atoms with van der Waals surface area (Å²) in [6, 6.07) is 0.229. The lowest BCUT2D eigenvalue weighted by Gasteiger charge is -2.44. The standard InChI is InChI=1S/C13H27FN2/c1-12(2,3)11-9(7-15)10(14)8-16(11)13(4,5)6/h9-11H,7-8,15H2,1-6H3/t9?,10-,11-/m0/s1. The lowest BCUT2D eigenvalue weighted by Crippen LogP contribution is -2.52. The fourth-order valence-corrected chi connectivity index (χ4v) is 2.94. The van der Waals surface area contributed by atoms with E-state index in [1.165, 1.54) is 0 Å². The molecule has 0 spiro atoms. The number of rotatable bonds is 1. The lowest BCUT2D eigenvalue weighted by molar-refractivity contribution is 0.0406. The topological polar surface area (TPSA) is 29.3 Å². The van der Waals surface area contributed by atoms with Gasteiger partial charge >= 0.3 is 0 Å². The average Bonchev–Trinajstić information content (AvgIpc) is 2.40. The first kappa shape index (κ1) is 13.9. The first-order valence-electron chi connectivity index (χ1n) is 6.20. The Morgan fingerprint density at radius 2 is 1.69 bits per heavy atom. The molecule has 1 heterocycles. The van der Waals surface area contributed by atoms with Crippen molar-refractivity contribution in [1.29, 1.82) is 0 Å². The first-order chi connectivity index (χ1) is 7.09. The summed E-state index contributed by atoms with van der Waals surface area (Å²) in [5.41, 5.74) is 5.82. The van der Waals surface area contributed by atoms with Crippen molar-refractivity contribution in [3.63, 3.8) is 0 Å². The first-order valence-corrected chi connectivity index (χ1v) is 6.20. The Hall–Kier alpha value is -0.150. The van der Waals surface area contributed by atoms with Gasteiger partial charge in [0.1, 0.15) is 6.17 Å². The Morgan fingerprint density at radius 3 is 2.00 bits per heavy atom. The molecule has 3 atom stereocenters. The van der Waals surface area contributed by atoms with Gasteiger partial charge in [0.15, 0.2) is 0 Å². The minimum absolute atomic E-state index is 0.00616. The Kier molecular flexibility index (Phi) is 3.71. The molecule has 16 heavy (non-hydrogen) atoms. The van der Waals surface area contributed by atoms with Crippen LogP contribution in [0.1, 0.15) is 41.5 Å². The second-order valence-electron chi connectivity index (χ2n) is 7.05. The maximum Gasteiger partial charge on any atom is 0.118 e. The summed E-state index contributed by atoms with van der Waals surface area (Å²) in [6.45, 7) is 13.9. The minimum Gasteiger partial charge on any atom is -0.330 e. The average molecular weight is 230 g/mol. The molecule has 2 nitrogen and oxygen atoms in total. The fraction of sp³-hybridized carbons (Fsp3) is 1.00. The molecule has 1 fully saturated rings. The maximum atomic E-state index is 14.0. The van der Waals surface area contributed by atoms with Gasteiger partial charge < -0.3 is 5.73 Å². The van der Waals surface area contributed by atoms with Crippen LogP contribution in [-0.4, -0.2) is 35.7 Å². The Balaban J connectivity index is 3.03. The van der Waals surface area contributed by atoms with Crippen LogP contribution in [0.3, 0.4) is 0 Å². The van der Waals surface area contributed by atoms with Crippen LogP contribution in [0.2, 0.25) is 0 Å². The number of likely N-dealkylation sites (tertiary alicyclic amines) is 1. The molecule has 0 radical (unpaired) electrons. The number of hydrogen-bond donors (Lipinski definition) is 1. The fourth-order valence-electron chi connectivity index (χ4n) is 2.94. The van der Waals surface area contributed by atoms with Gasteiger partial charge in [0.05, 0.1) is 0 Å². The van der Waals surface area contributed by atoms with Gasteiger partial charge in [0.25, 0.3) is 0 Å². The summed E-state index contributed by atoms with van der Waals surface area (Å²) >= 11 is 0. The van der Waals surface area contributed by atoms with E-state index in [0.717, 1.165) is 0 Å². The molecular weight excluding hydrogens is 203 g/mol. The van der Waals surface area contributed by atoms with Crippen LogP contribution >= 0.6 is 0 Å². The molecule has 1 aliphatic rings. The number of nitrogens with two attached hydrogens (primary N) is 1. The van der Waals surface area contributed by atoms with E-state index in [1.807, 2.05) is 0 Å². The number of hydrogen-bond acceptors (Lipinski definition) is 2. The molecule has 0 aliphatic carbocycles. The third kappa shape index (κ3) is 2.57. The smallest absolute Gasteiger partial charge is 0.118 e. The SMILES string of the molecule is CC(C)(C)[C@@H]1C(CN)[C@@H](F)CN1C(C)(C)C. The maximum absolute atomic E-state index is 14.0. The summed E-state index contributed by atoms with van der Waals surface area (Å²) in [5.74, 6) is -0.0285. The van der Waals surface area contributed by atoms with Crippen molar-refractivity contribution in [3.8, 4) is 0 Å². The van der Waals surface area contributed by atoms with E-state index in [9.17, 15) is 4.39 Å². The largest absolute Gasteiger partial charge is 0.330 e. The van der Waals surface area contributed by atoms with Crippen LogP contribution in [0, 0.1) is 11.3 Å². The summed E-state index contributed by atoms with van der Waals surface area (Å²) in [7, 11) is 0. The Labute approximate surface area is 99.4 Å². The van der Waals surface area contributed by atoms with E-state index >= 15 is 0 Å². The molecule has 96 valence electrons. The highest BCUT2D eigenvalue weighted by atomic mass is 19.1. The van der Waals surface area contributed by atoms with Gasteiger partial charge in [-0.15, -0.1) is 0 Å². The van der Waals surface area contributed by atoms with Crippen molar-refractivity contribution in [2.45, 2.75) is 59.3 Å². The van der Waals surface area contributed by atoms with Crippen LogP contribution in [0.15, 0.2) is 0 Å². The zero-order chi connectivity index (χ0) is 12.7. The molecule has 2 N–H and O–H groups in total. The van der Waals surface area contributed by atoms with E-state index < -0.39 is 6.17 Å². The lowest BCUT2D eigenvalue weighted by atomic mass is 9.78. The molecule has 1 rings (SSSR count). The van der Waals surface area contributed by atoms with Crippen molar-refractivity contribution in [1.82, 2.24) is 4.90 Å². The van der Waals surface area contributed by atoms with Crippen molar-refractivity contribution < 1.29 is 4.39 Å². The van der Waals surface area contributed by atoms with Gasteiger partial charge in [-0.3, -0.25) is 4.90 Å². The summed E-state index contributed by atoms with van der Waals surface area (Å²) in [5, 5.41) is 0. The Morgan fingerprint density at radius 1 is 1.19 bits per heavy atom. The second kappa shape index (κ2) is 4.26. The van der Waals surface area contributed by atoms with Crippen molar-refractivity contribution >= 4 is 0 Å². The molecule has 0 bridgehead atoms. The van der Waals surface area contributed by atoms with Crippen LogP contribution < -0.4 is 5.73 Å². The molecule has 0 saturated carbocycles. The highest BCUT2D eigenvalue weighted by Crippen LogP contribution is 2.41. The van der Waals surface area contributed by atoms with Crippen molar-refractivity contribution in [2.24, 2.45) is 17.1 Å². The molecule has 1 unspecified atom stereocenters. The summed E-state index contributed by atoms with van der Waals surface area (Å²) in [6.07, 6.45) is -0.784. The minimum atomic E-state index is -0.784. The van der Waals surface area contributed by atoms with Crippen LogP contribution in [0.5, 0.6) is 0 Å². The van der Waals surface area contributed by atoms with Gasteiger partial charge in [0.2, 0.25) is 0 Å². The summed E-state index contributed by atoms with van der Waals surface area (Å²) in [4.78, 5) is 2.29. The van der Waals surface area contributed by atoms with Crippen LogP contribution in [0.4, 0.5) is 4.39 Å². The van der Waals surface area contributed by atoms with Crippen LogP contribution in [-0.2, 0) is 0 Å². The van der Waals surface area contributed by atoms with E-state index in [1.54, 1.807) is 0 Å². The molecule has 1 saturated heterocycles. The van der Waals surface area contributed by atoms with Gasteiger partial charge in [-0.1, -0.05) is 20.8 Å². The molecular formula is C13H27FN2. The molecule has 3 heteroatoms. The van der Waals surface area contributed by atoms with Crippen molar-refractivity contribution in [2.75, 3.05) is 13.1 Å². The highest BCUT2D eigenvalue weighted by Gasteiger charge is 2.49. The summed E-state index contributed by atoms with van der Waals surface area (Å²) < 4.78 is 14.0. The van der Waals surface area contributed by atoms with E-state index in [2.05, 4.69) is 46.4 Å². The third-order valence-corrected chi connectivity index (χ3v) is 3.60. The van der Waals surface area contributed by atoms with E-state index in [0.29, 0.717) is 13.1 Å². The molecule has 0 aromatic rings. The number of nitrogens with zero attached hydrogens (tertiary/aromatic N) is 1. The number of halogens is 1. The van der Waals surface area contributed by atoms with Gasteiger partial charge in [-0.25, -0.2) is 4.39 Å². The van der Waals surface area contributed by atoms with Gasteiger partial charge in [-0.05, 0) is 32.7 Å². The second-order valence-corrected chi connectivity index (χ2v) is 7.05. The predicted octanol–water partition coefficient (Wildman–Crippen LogP) is 2.43. The monoisotopic (exact) mass is 230 g/mol. The van der Waals surface area contributed by atoms with Crippen LogP contribution in [0.25, 0.3) is 0 Å². The predicted molar refractivity (Wildman–Crippen MR) is 67.1 cm³/mol. The van der Waals surface area contributed by atoms with E-state index in [4.69, 9.17) is 5.73 Å². The van der Waals surface area contributed by atoms with Gasteiger partial charge in [-0.2, -0.15) is 0 Å². The van der Waals surface area contributed by atoms with Crippen molar-refractivity contribution in [3.05, 3.63) is 0 Å². The third-order valence-electron chi connectivity index (χ3n) is 3.60. The quantitative estimate of drug-likeness (QED) is 0.749. The number of alkyl halides is 1. The molecule has 1 aliphatic heterocycles. The molecule has 0 amide bonds. The normalized spacial score (nSPS) is 33.4. The molecule has 0 aromatic carbocycles. The van der Waals surface area contributed by atoms with E-state index in [-0.39, 0.29) is 22.9 Å². The van der Waals surface area contributed by atoms with Gasteiger partial charge in [0, 0.05) is 24.0 Å².